The van der Waals surface area contributed by atoms with E-state index in [1.807, 2.05) is 34.8 Å². The zero-order chi connectivity index (χ0) is 12.7. The van der Waals surface area contributed by atoms with Crippen LogP contribution in [0.5, 0.6) is 0 Å². The largest absolute Gasteiger partial charge is 0.255 e. The maximum Gasteiger partial charge on any atom is 0.0951 e. The molecule has 0 aliphatic carbocycles. The van der Waals surface area contributed by atoms with Crippen molar-refractivity contribution in [2.45, 2.75) is 0 Å². The summed E-state index contributed by atoms with van der Waals surface area (Å²) < 4.78 is 1.84. The summed E-state index contributed by atoms with van der Waals surface area (Å²) in [6.07, 6.45) is 3.57. The van der Waals surface area contributed by atoms with Crippen molar-refractivity contribution in [2.75, 3.05) is 0 Å². The monoisotopic (exact) mass is 246 g/mol. The minimum absolute atomic E-state index is 0.892. The lowest BCUT2D eigenvalue weighted by atomic mass is 10.1. The van der Waals surface area contributed by atoms with Gasteiger partial charge in [-0.1, -0.05) is 35.5 Å². The highest BCUT2D eigenvalue weighted by Gasteiger charge is 2.09. The Morgan fingerprint density at radius 2 is 1.84 bits per heavy atom. The third kappa shape index (κ3) is 1.50. The van der Waals surface area contributed by atoms with Crippen LogP contribution in [0.2, 0.25) is 0 Å². The van der Waals surface area contributed by atoms with Crippen LogP contribution in [0.3, 0.4) is 0 Å². The molecule has 4 aromatic rings. The van der Waals surface area contributed by atoms with Crippen molar-refractivity contribution in [2.24, 2.45) is 0 Å². The Morgan fingerprint density at radius 3 is 2.74 bits per heavy atom. The Hall–Kier alpha value is -2.75. The molecule has 0 atom stereocenters. The second-order valence-electron chi connectivity index (χ2n) is 4.36. The smallest absolute Gasteiger partial charge is 0.0951 e. The molecule has 4 rings (SSSR count). The van der Waals surface area contributed by atoms with Crippen LogP contribution in [0.4, 0.5) is 0 Å². The predicted octanol–water partition coefficient (Wildman–Crippen LogP) is 2.94. The van der Waals surface area contributed by atoms with Gasteiger partial charge in [-0.25, -0.2) is 4.52 Å². The normalized spacial score (nSPS) is 11.2. The maximum atomic E-state index is 4.40. The summed E-state index contributed by atoms with van der Waals surface area (Å²) >= 11 is 0. The highest BCUT2D eigenvalue weighted by Crippen LogP contribution is 2.26. The summed E-state index contributed by atoms with van der Waals surface area (Å²) in [7, 11) is 0. The van der Waals surface area contributed by atoms with E-state index in [9.17, 15) is 0 Å². The third-order valence-electron chi connectivity index (χ3n) is 3.23. The number of aromatic nitrogens is 4. The molecule has 0 amide bonds. The number of hydrogen-bond acceptors (Lipinski definition) is 3. The Kier molecular flexibility index (Phi) is 2.08. The maximum absolute atomic E-state index is 4.40. The molecule has 3 aromatic heterocycles. The van der Waals surface area contributed by atoms with Crippen molar-refractivity contribution < 1.29 is 0 Å². The van der Waals surface area contributed by atoms with Gasteiger partial charge in [0, 0.05) is 11.6 Å². The van der Waals surface area contributed by atoms with Gasteiger partial charge in [0.2, 0.25) is 0 Å². The molecule has 90 valence electrons. The van der Waals surface area contributed by atoms with Crippen LogP contribution in [-0.2, 0) is 0 Å². The average Bonchev–Trinajstić information content (AvgIpc) is 2.97. The minimum atomic E-state index is 0.892. The fourth-order valence-corrected chi connectivity index (χ4v) is 2.36. The van der Waals surface area contributed by atoms with Crippen molar-refractivity contribution in [3.05, 3.63) is 60.9 Å². The molecule has 0 radical (unpaired) electrons. The SMILES string of the molecule is c1ccc(-c2cc3ccccc3c3cnnn23)nc1. The van der Waals surface area contributed by atoms with E-state index in [0.29, 0.717) is 0 Å². The second-order valence-corrected chi connectivity index (χ2v) is 4.36. The van der Waals surface area contributed by atoms with Gasteiger partial charge in [-0.15, -0.1) is 5.10 Å². The predicted molar refractivity (Wildman–Crippen MR) is 73.7 cm³/mol. The highest BCUT2D eigenvalue weighted by molar-refractivity contribution is 5.97. The van der Waals surface area contributed by atoms with Gasteiger partial charge in [-0.2, -0.15) is 0 Å². The van der Waals surface area contributed by atoms with Crippen LogP contribution < -0.4 is 0 Å². The molecule has 0 fully saturated rings. The molecule has 4 heteroatoms. The molecule has 3 heterocycles. The number of rotatable bonds is 1. The van der Waals surface area contributed by atoms with Gasteiger partial charge in [0.25, 0.3) is 0 Å². The first-order valence-corrected chi connectivity index (χ1v) is 6.07. The zero-order valence-corrected chi connectivity index (χ0v) is 10.1. The summed E-state index contributed by atoms with van der Waals surface area (Å²) in [6.45, 7) is 0. The van der Waals surface area contributed by atoms with Crippen LogP contribution in [-0.4, -0.2) is 19.8 Å². The van der Waals surface area contributed by atoms with Crippen LogP contribution >= 0.6 is 0 Å². The molecule has 0 bridgehead atoms. The zero-order valence-electron chi connectivity index (χ0n) is 10.1. The summed E-state index contributed by atoms with van der Waals surface area (Å²) in [5.74, 6) is 0. The van der Waals surface area contributed by atoms with Gasteiger partial charge in [-0.3, -0.25) is 4.98 Å². The van der Waals surface area contributed by atoms with Gasteiger partial charge in [0.15, 0.2) is 0 Å². The number of pyridine rings is 2. The Morgan fingerprint density at radius 1 is 0.947 bits per heavy atom. The number of nitrogens with zero attached hydrogens (tertiary/aromatic N) is 4. The number of benzene rings is 1. The molecular weight excluding hydrogens is 236 g/mol. The molecule has 0 N–H and O–H groups in total. The molecule has 0 unspecified atom stereocenters. The molecule has 0 saturated heterocycles. The highest BCUT2D eigenvalue weighted by atomic mass is 15.4. The first-order valence-electron chi connectivity index (χ1n) is 6.07. The Labute approximate surface area is 109 Å². The van der Waals surface area contributed by atoms with E-state index in [4.69, 9.17) is 0 Å². The number of hydrogen-bond donors (Lipinski definition) is 0. The van der Waals surface area contributed by atoms with Crippen molar-refractivity contribution in [3.63, 3.8) is 0 Å². The minimum Gasteiger partial charge on any atom is -0.255 e. The Bertz CT molecular complexity index is 865. The van der Waals surface area contributed by atoms with Crippen molar-refractivity contribution in [1.82, 2.24) is 19.8 Å². The van der Waals surface area contributed by atoms with E-state index >= 15 is 0 Å². The summed E-state index contributed by atoms with van der Waals surface area (Å²) in [5, 5.41) is 10.5. The standard InChI is InChI=1S/C15H10N4/c1-2-6-12-11(5-1)9-14(13-7-3-4-8-16-13)19-15(12)10-17-18-19/h1-10H. The molecule has 0 saturated carbocycles. The fourth-order valence-electron chi connectivity index (χ4n) is 2.36. The lowest BCUT2D eigenvalue weighted by molar-refractivity contribution is 0.861. The Balaban J connectivity index is 2.17. The van der Waals surface area contributed by atoms with Gasteiger partial charge in [-0.05, 0) is 23.6 Å². The van der Waals surface area contributed by atoms with Crippen LogP contribution in [0.15, 0.2) is 60.9 Å². The van der Waals surface area contributed by atoms with E-state index in [0.717, 1.165) is 27.7 Å². The summed E-state index contributed by atoms with van der Waals surface area (Å²) in [6, 6.07) is 16.2. The second kappa shape index (κ2) is 3.88. The lowest BCUT2D eigenvalue weighted by Gasteiger charge is -2.06. The van der Waals surface area contributed by atoms with E-state index in [1.54, 1.807) is 12.4 Å². The topological polar surface area (TPSA) is 43.1 Å². The molecular formula is C15H10N4. The van der Waals surface area contributed by atoms with Gasteiger partial charge in [0.05, 0.1) is 23.1 Å². The van der Waals surface area contributed by atoms with Crippen molar-refractivity contribution in [3.8, 4) is 11.4 Å². The molecule has 0 aliphatic rings. The summed E-state index contributed by atoms with van der Waals surface area (Å²) in [4.78, 5) is 4.40. The first kappa shape index (κ1) is 10.2. The fraction of sp³-hybridized carbons (Fsp3) is 0. The van der Waals surface area contributed by atoms with Crippen LogP contribution in [0.1, 0.15) is 0 Å². The molecule has 0 aliphatic heterocycles. The van der Waals surface area contributed by atoms with Gasteiger partial charge >= 0.3 is 0 Å². The van der Waals surface area contributed by atoms with E-state index < -0.39 is 0 Å². The molecule has 19 heavy (non-hydrogen) atoms. The molecule has 4 nitrogen and oxygen atoms in total. The first-order chi connectivity index (χ1) is 9.43. The van der Waals surface area contributed by atoms with E-state index in [1.165, 1.54) is 0 Å². The molecule has 1 aromatic carbocycles. The van der Waals surface area contributed by atoms with Crippen LogP contribution in [0, 0.1) is 0 Å². The van der Waals surface area contributed by atoms with Crippen molar-refractivity contribution in [1.29, 1.82) is 0 Å². The van der Waals surface area contributed by atoms with Crippen LogP contribution in [0.25, 0.3) is 27.7 Å². The molecule has 0 spiro atoms. The van der Waals surface area contributed by atoms with Gasteiger partial charge < -0.3 is 0 Å². The van der Waals surface area contributed by atoms with E-state index in [2.05, 4.69) is 33.5 Å². The van der Waals surface area contributed by atoms with Gasteiger partial charge in [0.1, 0.15) is 0 Å². The average molecular weight is 246 g/mol. The number of fused-ring (bicyclic) bond motifs is 3. The third-order valence-corrected chi connectivity index (χ3v) is 3.23. The van der Waals surface area contributed by atoms with E-state index in [-0.39, 0.29) is 0 Å². The lowest BCUT2D eigenvalue weighted by Crippen LogP contribution is -1.96. The summed E-state index contributed by atoms with van der Waals surface area (Å²) in [5.41, 5.74) is 2.84. The van der Waals surface area contributed by atoms with Crippen molar-refractivity contribution >= 4 is 16.3 Å². The quantitative estimate of drug-likeness (QED) is 0.518.